The highest BCUT2D eigenvalue weighted by Gasteiger charge is 2.26. The van der Waals surface area contributed by atoms with Crippen LogP contribution in [-0.2, 0) is 4.79 Å². The number of ether oxygens (including phenoxy) is 1. The summed E-state index contributed by atoms with van der Waals surface area (Å²) in [7, 11) is 1.43. The fourth-order valence-corrected chi connectivity index (χ4v) is 2.04. The number of hydrogen-bond acceptors (Lipinski definition) is 2. The number of nitrogens with one attached hydrogen (secondary N) is 1. The quantitative estimate of drug-likeness (QED) is 0.893. The minimum Gasteiger partial charge on any atom is -0.494 e. The van der Waals surface area contributed by atoms with Crippen molar-refractivity contribution in [1.82, 2.24) is 5.32 Å². The fraction of sp³-hybridized carbons (Fsp3) is 0.500. The molecule has 1 aliphatic carbocycles. The van der Waals surface area contributed by atoms with E-state index >= 15 is 0 Å². The van der Waals surface area contributed by atoms with Crippen LogP contribution in [0.25, 0.3) is 0 Å². The van der Waals surface area contributed by atoms with Crippen molar-refractivity contribution in [3.63, 3.8) is 0 Å². The molecule has 3 nitrogen and oxygen atoms in total. The zero-order valence-corrected chi connectivity index (χ0v) is 10.7. The van der Waals surface area contributed by atoms with Crippen LogP contribution >= 0.6 is 0 Å². The third kappa shape index (κ3) is 2.63. The number of carbonyl (C=O) groups is 1. The van der Waals surface area contributed by atoms with Crippen molar-refractivity contribution in [2.45, 2.75) is 32.2 Å². The molecular weight excluding hydrogens is 233 g/mol. The predicted octanol–water partition coefficient (Wildman–Crippen LogP) is 2.81. The number of carbonyl (C=O) groups excluding carboxylic acids is 1. The standard InChI is InChI=1S/C14H18FNO2/c1-9(16-14(17)10-4-3-5-10)11-6-7-13(18-2)12(15)8-11/h6-10H,3-5H2,1-2H3,(H,16,17)/t9-/m0/s1. The Morgan fingerprint density at radius 1 is 1.50 bits per heavy atom. The zero-order valence-electron chi connectivity index (χ0n) is 10.7. The van der Waals surface area contributed by atoms with E-state index in [0.29, 0.717) is 0 Å². The average molecular weight is 251 g/mol. The Hall–Kier alpha value is -1.58. The monoisotopic (exact) mass is 251 g/mol. The van der Waals surface area contributed by atoms with Crippen LogP contribution in [0.3, 0.4) is 0 Å². The van der Waals surface area contributed by atoms with Gasteiger partial charge < -0.3 is 10.1 Å². The molecule has 1 N–H and O–H groups in total. The van der Waals surface area contributed by atoms with Gasteiger partial charge in [0.05, 0.1) is 13.2 Å². The van der Waals surface area contributed by atoms with Crippen LogP contribution in [0.4, 0.5) is 4.39 Å². The van der Waals surface area contributed by atoms with Gasteiger partial charge in [-0.05, 0) is 37.5 Å². The first kappa shape index (κ1) is 12.9. The molecular formula is C14H18FNO2. The molecule has 1 atom stereocenters. The number of hydrogen-bond donors (Lipinski definition) is 1. The molecule has 1 fully saturated rings. The maximum absolute atomic E-state index is 13.5. The van der Waals surface area contributed by atoms with Gasteiger partial charge in [0.25, 0.3) is 0 Å². The Balaban J connectivity index is 2.01. The van der Waals surface area contributed by atoms with E-state index in [-0.39, 0.29) is 23.6 Å². The van der Waals surface area contributed by atoms with Crippen LogP contribution in [0.1, 0.15) is 37.8 Å². The fourth-order valence-electron chi connectivity index (χ4n) is 2.04. The van der Waals surface area contributed by atoms with Crippen molar-refractivity contribution in [3.05, 3.63) is 29.6 Å². The van der Waals surface area contributed by atoms with Crippen molar-refractivity contribution in [1.29, 1.82) is 0 Å². The molecule has 1 aromatic rings. The molecule has 1 amide bonds. The Morgan fingerprint density at radius 3 is 2.72 bits per heavy atom. The Kier molecular flexibility index (Phi) is 3.84. The van der Waals surface area contributed by atoms with Crippen LogP contribution in [0.2, 0.25) is 0 Å². The smallest absolute Gasteiger partial charge is 0.223 e. The Bertz CT molecular complexity index is 443. The van der Waals surface area contributed by atoms with Gasteiger partial charge in [0.1, 0.15) is 0 Å². The maximum Gasteiger partial charge on any atom is 0.223 e. The van der Waals surface area contributed by atoms with E-state index in [1.54, 1.807) is 12.1 Å². The summed E-state index contributed by atoms with van der Waals surface area (Å²) in [6.45, 7) is 1.86. The SMILES string of the molecule is COc1ccc([C@H](C)NC(=O)C2CCC2)cc1F. The van der Waals surface area contributed by atoms with Gasteiger partial charge in [-0.15, -0.1) is 0 Å². The molecule has 98 valence electrons. The number of benzene rings is 1. The van der Waals surface area contributed by atoms with Crippen molar-refractivity contribution >= 4 is 5.91 Å². The minimum atomic E-state index is -0.403. The summed E-state index contributed by atoms with van der Waals surface area (Å²) in [6.07, 6.45) is 3.06. The van der Waals surface area contributed by atoms with Gasteiger partial charge >= 0.3 is 0 Å². The Morgan fingerprint density at radius 2 is 2.22 bits per heavy atom. The lowest BCUT2D eigenvalue weighted by Gasteiger charge is -2.26. The lowest BCUT2D eigenvalue weighted by Crippen LogP contribution is -2.36. The summed E-state index contributed by atoms with van der Waals surface area (Å²) in [6, 6.07) is 4.58. The third-order valence-corrected chi connectivity index (χ3v) is 3.51. The first-order chi connectivity index (χ1) is 8.61. The average Bonchev–Trinajstić information content (AvgIpc) is 2.26. The van der Waals surface area contributed by atoms with E-state index in [1.807, 2.05) is 6.92 Å². The highest BCUT2D eigenvalue weighted by atomic mass is 19.1. The molecule has 2 rings (SSSR count). The molecule has 1 aliphatic rings. The summed E-state index contributed by atoms with van der Waals surface area (Å²) in [4.78, 5) is 11.8. The van der Waals surface area contributed by atoms with Crippen LogP contribution in [0, 0.1) is 11.7 Å². The summed E-state index contributed by atoms with van der Waals surface area (Å²) in [5, 5.41) is 2.92. The molecule has 4 heteroatoms. The van der Waals surface area contributed by atoms with E-state index in [2.05, 4.69) is 5.32 Å². The summed E-state index contributed by atoms with van der Waals surface area (Å²) in [5.74, 6) is 0.0385. The molecule has 0 unspecified atom stereocenters. The Labute approximate surface area is 106 Å². The maximum atomic E-state index is 13.5. The lowest BCUT2D eigenvalue weighted by atomic mass is 9.84. The molecule has 1 saturated carbocycles. The van der Waals surface area contributed by atoms with Gasteiger partial charge in [-0.1, -0.05) is 12.5 Å². The molecule has 0 radical (unpaired) electrons. The molecule has 1 aromatic carbocycles. The third-order valence-electron chi connectivity index (χ3n) is 3.51. The van der Waals surface area contributed by atoms with Crippen molar-refractivity contribution < 1.29 is 13.9 Å². The van der Waals surface area contributed by atoms with Gasteiger partial charge in [-0.2, -0.15) is 0 Å². The molecule has 0 aliphatic heterocycles. The lowest BCUT2D eigenvalue weighted by molar-refractivity contribution is -0.128. The molecule has 0 spiro atoms. The topological polar surface area (TPSA) is 38.3 Å². The summed E-state index contributed by atoms with van der Waals surface area (Å²) < 4.78 is 18.4. The van der Waals surface area contributed by atoms with Gasteiger partial charge in [-0.3, -0.25) is 4.79 Å². The molecule has 18 heavy (non-hydrogen) atoms. The van der Waals surface area contributed by atoms with Crippen molar-refractivity contribution in [2.75, 3.05) is 7.11 Å². The van der Waals surface area contributed by atoms with Gasteiger partial charge in [0.2, 0.25) is 5.91 Å². The van der Waals surface area contributed by atoms with Crippen LogP contribution < -0.4 is 10.1 Å². The van der Waals surface area contributed by atoms with Crippen molar-refractivity contribution in [2.24, 2.45) is 5.92 Å². The van der Waals surface area contributed by atoms with Gasteiger partial charge in [0, 0.05) is 5.92 Å². The first-order valence-corrected chi connectivity index (χ1v) is 6.25. The number of rotatable bonds is 4. The van der Waals surface area contributed by atoms with Gasteiger partial charge in [-0.25, -0.2) is 4.39 Å². The summed E-state index contributed by atoms with van der Waals surface area (Å²) in [5.41, 5.74) is 0.751. The first-order valence-electron chi connectivity index (χ1n) is 6.25. The van der Waals surface area contributed by atoms with Gasteiger partial charge in [0.15, 0.2) is 11.6 Å². The van der Waals surface area contributed by atoms with Crippen LogP contribution in [0.5, 0.6) is 5.75 Å². The predicted molar refractivity (Wildman–Crippen MR) is 66.9 cm³/mol. The number of methoxy groups -OCH3 is 1. The molecule has 0 aromatic heterocycles. The second kappa shape index (κ2) is 5.38. The highest BCUT2D eigenvalue weighted by Crippen LogP contribution is 2.28. The van der Waals surface area contributed by atoms with Crippen LogP contribution in [-0.4, -0.2) is 13.0 Å². The van der Waals surface area contributed by atoms with E-state index < -0.39 is 5.82 Å². The molecule has 0 saturated heterocycles. The van der Waals surface area contributed by atoms with E-state index in [1.165, 1.54) is 13.2 Å². The normalized spacial score (nSPS) is 16.8. The summed E-state index contributed by atoms with van der Waals surface area (Å²) >= 11 is 0. The second-order valence-electron chi connectivity index (χ2n) is 4.75. The number of amides is 1. The molecule has 0 bridgehead atoms. The second-order valence-corrected chi connectivity index (χ2v) is 4.75. The largest absolute Gasteiger partial charge is 0.494 e. The number of halogens is 1. The van der Waals surface area contributed by atoms with Crippen molar-refractivity contribution in [3.8, 4) is 5.75 Å². The highest BCUT2D eigenvalue weighted by molar-refractivity contribution is 5.79. The molecule has 0 heterocycles. The van der Waals surface area contributed by atoms with E-state index in [0.717, 1.165) is 24.8 Å². The minimum absolute atomic E-state index is 0.0741. The van der Waals surface area contributed by atoms with E-state index in [4.69, 9.17) is 4.74 Å². The van der Waals surface area contributed by atoms with E-state index in [9.17, 15) is 9.18 Å². The zero-order chi connectivity index (χ0) is 13.1. The van der Waals surface area contributed by atoms with Crippen LogP contribution in [0.15, 0.2) is 18.2 Å².